The second-order valence-electron chi connectivity index (χ2n) is 10.1. The van der Waals surface area contributed by atoms with Crippen LogP contribution in [0.1, 0.15) is 54.7 Å². The zero-order valence-electron chi connectivity index (χ0n) is 22.9. The van der Waals surface area contributed by atoms with Crippen LogP contribution in [0.25, 0.3) is 0 Å². The highest BCUT2D eigenvalue weighted by atomic mass is 19.4. The highest BCUT2D eigenvalue weighted by Crippen LogP contribution is 2.41. The molecule has 0 saturated heterocycles. The Morgan fingerprint density at radius 3 is 1.98 bits per heavy atom. The lowest BCUT2D eigenvalue weighted by atomic mass is 9.81. The zero-order valence-corrected chi connectivity index (χ0v) is 22.9. The van der Waals surface area contributed by atoms with Crippen LogP contribution < -0.4 is 5.73 Å². The number of nitrogens with two attached hydrogens (primary N) is 1. The summed E-state index contributed by atoms with van der Waals surface area (Å²) in [6, 6.07) is 18.6. The Bertz CT molecular complexity index is 1440. The van der Waals surface area contributed by atoms with Gasteiger partial charge in [-0.05, 0) is 48.2 Å². The smallest absolute Gasteiger partial charge is 0.416 e. The van der Waals surface area contributed by atoms with Crippen LogP contribution in [-0.4, -0.2) is 30.1 Å². The van der Waals surface area contributed by atoms with E-state index in [1.807, 2.05) is 0 Å². The number of amides is 2. The van der Waals surface area contributed by atoms with Crippen molar-refractivity contribution in [1.29, 1.82) is 0 Å². The third-order valence-electron chi connectivity index (χ3n) is 7.24. The number of carbonyl (C=O) groups excluding carboxylic acids is 2. The Kier molecular flexibility index (Phi) is 10.5. The number of hydrogen-bond acceptors (Lipinski definition) is 4. The maximum atomic E-state index is 13.6. The molecule has 0 radical (unpaired) electrons. The number of nitrogens with zero attached hydrogens (tertiary/aromatic N) is 1. The van der Waals surface area contributed by atoms with Crippen molar-refractivity contribution >= 4 is 12.0 Å². The molecule has 0 aromatic heterocycles. The average molecular weight is 623 g/mol. The fraction of sp³-hybridized carbons (Fsp3) is 0.312. The van der Waals surface area contributed by atoms with Crippen molar-refractivity contribution in [2.45, 2.75) is 51.4 Å². The minimum Gasteiger partial charge on any atom is -0.445 e. The summed E-state index contributed by atoms with van der Waals surface area (Å²) in [4.78, 5) is 26.9. The molecule has 4 rings (SSSR count). The minimum absolute atomic E-state index is 0. The largest absolute Gasteiger partial charge is 0.445 e. The van der Waals surface area contributed by atoms with E-state index in [9.17, 15) is 35.9 Å². The van der Waals surface area contributed by atoms with Gasteiger partial charge < -0.3 is 15.2 Å². The molecule has 12 heteroatoms. The molecule has 44 heavy (non-hydrogen) atoms. The second-order valence-corrected chi connectivity index (χ2v) is 10.1. The summed E-state index contributed by atoms with van der Waals surface area (Å²) in [5.41, 5.74) is 2.24. The van der Waals surface area contributed by atoms with Gasteiger partial charge in [0.2, 0.25) is 5.91 Å². The molecule has 0 bridgehead atoms. The topological polar surface area (TPSA) is 81.9 Å². The van der Waals surface area contributed by atoms with Gasteiger partial charge in [-0.25, -0.2) is 4.79 Å². The van der Waals surface area contributed by atoms with Crippen molar-refractivity contribution < 1.29 is 45.4 Å². The van der Waals surface area contributed by atoms with Crippen LogP contribution in [0.5, 0.6) is 0 Å². The molecule has 0 unspecified atom stereocenters. The molecule has 1 heterocycles. The lowest BCUT2D eigenvalue weighted by Crippen LogP contribution is -2.55. The molecule has 236 valence electrons. The van der Waals surface area contributed by atoms with Gasteiger partial charge in [0.15, 0.2) is 0 Å². The Morgan fingerprint density at radius 2 is 1.45 bits per heavy atom. The second kappa shape index (κ2) is 13.5. The van der Waals surface area contributed by atoms with Crippen LogP contribution in [-0.2, 0) is 38.8 Å². The van der Waals surface area contributed by atoms with E-state index in [4.69, 9.17) is 15.2 Å². The van der Waals surface area contributed by atoms with Crippen LogP contribution in [0.4, 0.5) is 31.1 Å². The highest BCUT2D eigenvalue weighted by molar-refractivity contribution is 5.93. The summed E-state index contributed by atoms with van der Waals surface area (Å²) in [7, 11) is 0. The number of halogens is 6. The molecule has 2 amide bonds. The number of alkyl halides is 6. The van der Waals surface area contributed by atoms with Gasteiger partial charge in [0, 0.05) is 5.57 Å². The Hall–Kier alpha value is -4.32. The van der Waals surface area contributed by atoms with Crippen LogP contribution in [0.2, 0.25) is 0 Å². The maximum Gasteiger partial charge on any atom is 0.416 e. The van der Waals surface area contributed by atoms with E-state index < -0.39 is 47.1 Å². The van der Waals surface area contributed by atoms with Crippen molar-refractivity contribution in [3.05, 3.63) is 118 Å². The molecule has 6 nitrogen and oxygen atoms in total. The van der Waals surface area contributed by atoms with E-state index >= 15 is 0 Å². The molecule has 0 spiro atoms. The summed E-state index contributed by atoms with van der Waals surface area (Å²) in [5.74, 6) is -0.763. The van der Waals surface area contributed by atoms with Crippen molar-refractivity contribution in [3.8, 4) is 0 Å². The van der Waals surface area contributed by atoms with Gasteiger partial charge >= 0.3 is 18.4 Å². The van der Waals surface area contributed by atoms with Gasteiger partial charge in [0.05, 0.1) is 35.9 Å². The van der Waals surface area contributed by atoms with Crippen LogP contribution in [0.3, 0.4) is 0 Å². The van der Waals surface area contributed by atoms with E-state index in [0.29, 0.717) is 23.3 Å². The van der Waals surface area contributed by atoms with Gasteiger partial charge in [-0.1, -0.05) is 74.2 Å². The summed E-state index contributed by atoms with van der Waals surface area (Å²) in [6.07, 6.45) is -10.6. The molecule has 0 aliphatic carbocycles. The molecular formula is C32H32F6N2O4. The summed E-state index contributed by atoms with van der Waals surface area (Å²) < 4.78 is 92.5. The van der Waals surface area contributed by atoms with Gasteiger partial charge in [0.25, 0.3) is 0 Å². The van der Waals surface area contributed by atoms with Gasteiger partial charge in [-0.3, -0.25) is 9.69 Å². The monoisotopic (exact) mass is 622 g/mol. The van der Waals surface area contributed by atoms with Gasteiger partial charge in [-0.15, -0.1) is 0 Å². The standard InChI is InChI=1S/C31H28F6N2O4.CH4/c1-20(23-14-25(30(32,33)34)16-26(15-23)31(35,36)37)43-19-29(24-10-6-3-7-11-24)13-12-22(27(38)40)17-39(29)28(41)42-18-21-8-4-2-5-9-21;/h2-12,14-16,20H,13,17-19H2,1H3,(H2,38,40);1H4/t20-,29-;/m1./s1. The summed E-state index contributed by atoms with van der Waals surface area (Å²) in [6.45, 7) is 0.592. The number of rotatable bonds is 8. The Morgan fingerprint density at radius 1 is 0.909 bits per heavy atom. The number of ether oxygens (including phenoxy) is 2. The number of carbonyl (C=O) groups is 2. The minimum atomic E-state index is -5.03. The molecule has 2 atom stereocenters. The number of benzene rings is 3. The molecular weight excluding hydrogens is 590 g/mol. The highest BCUT2D eigenvalue weighted by Gasteiger charge is 2.46. The van der Waals surface area contributed by atoms with Crippen LogP contribution >= 0.6 is 0 Å². The van der Waals surface area contributed by atoms with E-state index in [2.05, 4.69) is 0 Å². The average Bonchev–Trinajstić information content (AvgIpc) is 2.98. The van der Waals surface area contributed by atoms with Crippen molar-refractivity contribution in [2.24, 2.45) is 5.73 Å². The van der Waals surface area contributed by atoms with E-state index in [0.717, 1.165) is 0 Å². The van der Waals surface area contributed by atoms with E-state index in [1.54, 1.807) is 60.7 Å². The number of hydrogen-bond donors (Lipinski definition) is 1. The SMILES string of the molecule is C.C[C@@H](OC[C@@]1(c2ccccc2)CC=C(C(N)=O)CN1C(=O)OCc1ccccc1)c1cc(C(F)(F)F)cc(C(F)(F)F)c1. The van der Waals surface area contributed by atoms with Crippen molar-refractivity contribution in [3.63, 3.8) is 0 Å². The first-order valence-corrected chi connectivity index (χ1v) is 13.1. The normalized spacial score (nSPS) is 17.7. The van der Waals surface area contributed by atoms with Crippen LogP contribution in [0, 0.1) is 0 Å². The van der Waals surface area contributed by atoms with Gasteiger partial charge in [-0.2, -0.15) is 26.3 Å². The molecule has 3 aromatic rings. The predicted molar refractivity (Wildman–Crippen MR) is 151 cm³/mol. The first-order chi connectivity index (χ1) is 20.2. The third kappa shape index (κ3) is 7.79. The quantitative estimate of drug-likeness (QED) is 0.260. The van der Waals surface area contributed by atoms with Crippen LogP contribution in [0.15, 0.2) is 90.5 Å². The van der Waals surface area contributed by atoms with Crippen molar-refractivity contribution in [2.75, 3.05) is 13.2 Å². The number of primary amides is 1. The first kappa shape index (κ1) is 34.2. The van der Waals surface area contributed by atoms with E-state index in [1.165, 1.54) is 17.9 Å². The lowest BCUT2D eigenvalue weighted by molar-refractivity contribution is -0.143. The molecule has 0 fully saturated rings. The molecule has 3 aromatic carbocycles. The Balaban J connectivity index is 0.00000529. The van der Waals surface area contributed by atoms with Gasteiger partial charge in [0.1, 0.15) is 6.61 Å². The summed E-state index contributed by atoms with van der Waals surface area (Å²) >= 11 is 0. The first-order valence-electron chi connectivity index (χ1n) is 13.1. The lowest BCUT2D eigenvalue weighted by Gasteiger charge is -2.46. The van der Waals surface area contributed by atoms with Crippen molar-refractivity contribution in [1.82, 2.24) is 4.90 Å². The fourth-order valence-electron chi connectivity index (χ4n) is 4.82. The maximum absolute atomic E-state index is 13.6. The molecule has 1 aliphatic heterocycles. The Labute approximate surface area is 251 Å². The van der Waals surface area contributed by atoms with E-state index in [-0.39, 0.29) is 50.8 Å². The predicted octanol–water partition coefficient (Wildman–Crippen LogP) is 7.79. The zero-order chi connectivity index (χ0) is 31.4. The molecule has 1 aliphatic rings. The molecule has 2 N–H and O–H groups in total. The summed E-state index contributed by atoms with van der Waals surface area (Å²) in [5, 5.41) is 0. The third-order valence-corrected chi connectivity index (χ3v) is 7.24. The fourth-order valence-corrected chi connectivity index (χ4v) is 4.82. The molecule has 0 saturated carbocycles.